The summed E-state index contributed by atoms with van der Waals surface area (Å²) in [6.45, 7) is 3.01. The van der Waals surface area contributed by atoms with Crippen LogP contribution in [-0.2, 0) is 11.3 Å². The minimum Gasteiger partial charge on any atom is -0.461 e. The van der Waals surface area contributed by atoms with Crippen molar-refractivity contribution in [1.82, 2.24) is 20.1 Å². The molecule has 0 fully saturated rings. The Hall–Kier alpha value is -2.22. The molecule has 8 heteroatoms. The van der Waals surface area contributed by atoms with Gasteiger partial charge < -0.3 is 10.1 Å². The van der Waals surface area contributed by atoms with Crippen LogP contribution in [0.5, 0.6) is 0 Å². The van der Waals surface area contributed by atoms with Gasteiger partial charge in [-0.1, -0.05) is 0 Å². The minimum atomic E-state index is -0.506. The molecule has 0 radical (unpaired) electrons. The number of amides is 1. The second-order valence-corrected chi connectivity index (χ2v) is 4.64. The number of aromatic nitrogens is 3. The van der Waals surface area contributed by atoms with Gasteiger partial charge in [-0.25, -0.2) is 9.78 Å². The van der Waals surface area contributed by atoms with E-state index in [-0.39, 0.29) is 23.2 Å². The molecule has 0 unspecified atom stereocenters. The van der Waals surface area contributed by atoms with E-state index in [4.69, 9.17) is 4.74 Å². The number of carbonyl (C=O) groups is 2. The van der Waals surface area contributed by atoms with E-state index in [1.54, 1.807) is 17.8 Å². The molecular weight excluding hydrogens is 280 g/mol. The topological polar surface area (TPSA) is 86.1 Å². The van der Waals surface area contributed by atoms with Crippen LogP contribution in [0.2, 0.25) is 0 Å². The summed E-state index contributed by atoms with van der Waals surface area (Å²) in [5.41, 5.74) is 0.221. The monoisotopic (exact) mass is 294 g/mol. The van der Waals surface area contributed by atoms with Crippen molar-refractivity contribution in [2.75, 3.05) is 13.2 Å². The standard InChI is InChI=1S/C12H14N4O3S/c1-2-19-12(18)11-15-9(8-20-11)10(17)13-5-7-16-6-3-4-14-16/h3-4,6,8H,2,5,7H2,1H3,(H,13,17). The normalized spacial score (nSPS) is 10.2. The van der Waals surface area contributed by atoms with Crippen molar-refractivity contribution in [3.8, 4) is 0 Å². The van der Waals surface area contributed by atoms with Crippen LogP contribution in [-0.4, -0.2) is 39.8 Å². The van der Waals surface area contributed by atoms with Gasteiger partial charge in [-0.2, -0.15) is 5.10 Å². The van der Waals surface area contributed by atoms with Gasteiger partial charge in [0.05, 0.1) is 13.2 Å². The van der Waals surface area contributed by atoms with Gasteiger partial charge in [-0.15, -0.1) is 11.3 Å². The number of hydrogen-bond acceptors (Lipinski definition) is 6. The molecule has 1 N–H and O–H groups in total. The highest BCUT2D eigenvalue weighted by atomic mass is 32.1. The predicted octanol–water partition coefficient (Wildman–Crippen LogP) is 0.946. The zero-order valence-corrected chi connectivity index (χ0v) is 11.7. The van der Waals surface area contributed by atoms with Crippen molar-refractivity contribution in [3.63, 3.8) is 0 Å². The Morgan fingerprint density at radius 3 is 3.05 bits per heavy atom. The zero-order chi connectivity index (χ0) is 14.4. The van der Waals surface area contributed by atoms with E-state index in [1.165, 1.54) is 5.38 Å². The van der Waals surface area contributed by atoms with Crippen LogP contribution in [0.3, 0.4) is 0 Å². The van der Waals surface area contributed by atoms with Crippen molar-refractivity contribution in [2.24, 2.45) is 0 Å². The van der Waals surface area contributed by atoms with Crippen molar-refractivity contribution >= 4 is 23.2 Å². The molecule has 0 atom stereocenters. The van der Waals surface area contributed by atoms with Crippen molar-refractivity contribution in [1.29, 1.82) is 0 Å². The lowest BCUT2D eigenvalue weighted by Gasteiger charge is -2.03. The molecule has 0 spiro atoms. The number of ether oxygens (including phenoxy) is 1. The average Bonchev–Trinajstić information content (AvgIpc) is 3.10. The van der Waals surface area contributed by atoms with Gasteiger partial charge >= 0.3 is 5.97 Å². The summed E-state index contributed by atoms with van der Waals surface area (Å²) in [5.74, 6) is -0.822. The molecule has 2 aromatic heterocycles. The van der Waals surface area contributed by atoms with E-state index in [2.05, 4.69) is 15.4 Å². The van der Waals surface area contributed by atoms with Gasteiger partial charge in [-0.05, 0) is 13.0 Å². The third kappa shape index (κ3) is 3.64. The second-order valence-electron chi connectivity index (χ2n) is 3.78. The Bertz CT molecular complexity index is 579. The summed E-state index contributed by atoms with van der Waals surface area (Å²) in [5, 5.41) is 8.46. The lowest BCUT2D eigenvalue weighted by molar-refractivity contribution is 0.0526. The van der Waals surface area contributed by atoms with Crippen LogP contribution in [0.15, 0.2) is 23.8 Å². The summed E-state index contributed by atoms with van der Waals surface area (Å²) in [7, 11) is 0. The molecule has 0 aliphatic rings. The highest BCUT2D eigenvalue weighted by Gasteiger charge is 2.15. The van der Waals surface area contributed by atoms with Crippen LogP contribution in [0.1, 0.15) is 27.2 Å². The molecule has 0 aliphatic heterocycles. The smallest absolute Gasteiger partial charge is 0.367 e. The quantitative estimate of drug-likeness (QED) is 0.801. The van der Waals surface area contributed by atoms with E-state index in [1.807, 2.05) is 12.3 Å². The number of hydrogen-bond donors (Lipinski definition) is 1. The molecule has 2 rings (SSSR count). The molecule has 0 saturated heterocycles. The summed E-state index contributed by atoms with van der Waals surface area (Å²) in [6.07, 6.45) is 3.49. The van der Waals surface area contributed by atoms with Crippen LogP contribution >= 0.6 is 11.3 Å². The first-order valence-corrected chi connectivity index (χ1v) is 6.97. The van der Waals surface area contributed by atoms with E-state index in [0.717, 1.165) is 11.3 Å². The third-order valence-corrected chi connectivity index (χ3v) is 3.19. The Kier molecular flexibility index (Phi) is 4.83. The fourth-order valence-electron chi connectivity index (χ4n) is 1.47. The van der Waals surface area contributed by atoms with Crippen LogP contribution in [0.25, 0.3) is 0 Å². The Morgan fingerprint density at radius 1 is 1.50 bits per heavy atom. The highest BCUT2D eigenvalue weighted by Crippen LogP contribution is 2.11. The number of rotatable bonds is 6. The predicted molar refractivity (Wildman–Crippen MR) is 72.6 cm³/mol. The average molecular weight is 294 g/mol. The maximum absolute atomic E-state index is 11.8. The largest absolute Gasteiger partial charge is 0.461 e. The first kappa shape index (κ1) is 14.2. The maximum atomic E-state index is 11.8. The van der Waals surface area contributed by atoms with Gasteiger partial charge in [0.25, 0.3) is 5.91 Å². The molecule has 0 bridgehead atoms. The molecule has 2 heterocycles. The lowest BCUT2D eigenvalue weighted by atomic mass is 10.4. The first-order valence-electron chi connectivity index (χ1n) is 6.09. The van der Waals surface area contributed by atoms with Crippen molar-refractivity contribution in [2.45, 2.75) is 13.5 Å². The number of thiazole rings is 1. The Labute approximate surface area is 119 Å². The van der Waals surface area contributed by atoms with E-state index >= 15 is 0 Å². The summed E-state index contributed by atoms with van der Waals surface area (Å²) >= 11 is 1.09. The molecular formula is C12H14N4O3S. The lowest BCUT2D eigenvalue weighted by Crippen LogP contribution is -2.27. The van der Waals surface area contributed by atoms with Crippen LogP contribution < -0.4 is 5.32 Å². The number of carbonyl (C=O) groups excluding carboxylic acids is 2. The van der Waals surface area contributed by atoms with Gasteiger partial charge in [0.2, 0.25) is 5.01 Å². The van der Waals surface area contributed by atoms with Gasteiger partial charge in [-0.3, -0.25) is 9.48 Å². The molecule has 20 heavy (non-hydrogen) atoms. The number of nitrogens with zero attached hydrogens (tertiary/aromatic N) is 3. The number of esters is 1. The van der Waals surface area contributed by atoms with Crippen molar-refractivity contribution in [3.05, 3.63) is 34.5 Å². The summed E-state index contributed by atoms with van der Waals surface area (Å²) < 4.78 is 6.53. The molecule has 0 aliphatic carbocycles. The molecule has 7 nitrogen and oxygen atoms in total. The van der Waals surface area contributed by atoms with E-state index < -0.39 is 5.97 Å². The SMILES string of the molecule is CCOC(=O)c1nc(C(=O)NCCn2cccn2)cs1. The second kappa shape index (κ2) is 6.80. The highest BCUT2D eigenvalue weighted by molar-refractivity contribution is 7.11. The first-order chi connectivity index (χ1) is 9.70. The summed E-state index contributed by atoms with van der Waals surface area (Å²) in [4.78, 5) is 27.2. The summed E-state index contributed by atoms with van der Waals surface area (Å²) in [6, 6.07) is 1.81. The minimum absolute atomic E-state index is 0.184. The van der Waals surface area contributed by atoms with E-state index in [9.17, 15) is 9.59 Å². The Morgan fingerprint density at radius 2 is 2.35 bits per heavy atom. The fourth-order valence-corrected chi connectivity index (χ4v) is 2.16. The van der Waals surface area contributed by atoms with Gasteiger partial charge in [0, 0.05) is 24.3 Å². The van der Waals surface area contributed by atoms with E-state index in [0.29, 0.717) is 13.1 Å². The third-order valence-electron chi connectivity index (χ3n) is 2.37. The van der Waals surface area contributed by atoms with Crippen LogP contribution in [0.4, 0.5) is 0 Å². The van der Waals surface area contributed by atoms with Gasteiger partial charge in [0.1, 0.15) is 5.69 Å². The molecule has 0 saturated carbocycles. The number of nitrogens with one attached hydrogen (secondary N) is 1. The zero-order valence-electron chi connectivity index (χ0n) is 10.9. The Balaban J connectivity index is 1.84. The fraction of sp³-hybridized carbons (Fsp3) is 0.333. The molecule has 2 aromatic rings. The van der Waals surface area contributed by atoms with Gasteiger partial charge in [0.15, 0.2) is 0 Å². The molecule has 0 aromatic carbocycles. The molecule has 1 amide bonds. The van der Waals surface area contributed by atoms with Crippen molar-refractivity contribution < 1.29 is 14.3 Å². The maximum Gasteiger partial charge on any atom is 0.367 e. The van der Waals surface area contributed by atoms with Crippen LogP contribution in [0, 0.1) is 0 Å². The molecule has 106 valence electrons.